The fourth-order valence-corrected chi connectivity index (χ4v) is 3.17. The van der Waals surface area contributed by atoms with Gasteiger partial charge in [0.25, 0.3) is 5.91 Å². The number of hydrogen-bond donors (Lipinski definition) is 0. The van der Waals surface area contributed by atoms with Crippen LogP contribution in [0.4, 0.5) is 4.79 Å². The minimum atomic E-state index is -0.407. The summed E-state index contributed by atoms with van der Waals surface area (Å²) >= 11 is 0. The van der Waals surface area contributed by atoms with Gasteiger partial charge in [0.15, 0.2) is 0 Å². The molecule has 2 aliphatic rings. The molecule has 0 aliphatic carbocycles. The van der Waals surface area contributed by atoms with Gasteiger partial charge in [-0.3, -0.25) is 19.4 Å². The molecule has 1 aromatic heterocycles. The van der Waals surface area contributed by atoms with Gasteiger partial charge in [-0.25, -0.2) is 4.79 Å². The average molecular weight is 349 g/mol. The molecule has 0 bridgehead atoms. The lowest BCUT2D eigenvalue weighted by molar-refractivity contribution is -0.137. The average Bonchev–Trinajstić information content (AvgIpc) is 3.02. The van der Waals surface area contributed by atoms with Crippen molar-refractivity contribution in [3.05, 3.63) is 17.0 Å². The zero-order chi connectivity index (χ0) is 18.1. The minimum absolute atomic E-state index is 0.0390. The second-order valence-electron chi connectivity index (χ2n) is 6.58. The summed E-state index contributed by atoms with van der Waals surface area (Å²) in [4.78, 5) is 42.3. The molecule has 3 rings (SSSR count). The summed E-state index contributed by atoms with van der Waals surface area (Å²) in [5, 5.41) is 3.96. The van der Waals surface area contributed by atoms with Gasteiger partial charge < -0.3 is 14.3 Å². The number of aryl methyl sites for hydroxylation is 2. The molecular formula is C16H23N5O4. The Morgan fingerprint density at radius 3 is 2.36 bits per heavy atom. The Kier molecular flexibility index (Phi) is 4.76. The third kappa shape index (κ3) is 3.51. The minimum Gasteiger partial charge on any atom is -0.361 e. The Bertz CT molecular complexity index is 673. The number of nitrogens with zero attached hydrogens (tertiary/aromatic N) is 5. The topological polar surface area (TPSA) is 90.2 Å². The van der Waals surface area contributed by atoms with E-state index in [1.165, 1.54) is 4.90 Å². The number of amides is 4. The molecule has 0 radical (unpaired) electrons. The fourth-order valence-electron chi connectivity index (χ4n) is 3.17. The zero-order valence-corrected chi connectivity index (χ0v) is 14.8. The number of piperazine rings is 1. The van der Waals surface area contributed by atoms with Crippen LogP contribution in [0.25, 0.3) is 0 Å². The van der Waals surface area contributed by atoms with Crippen molar-refractivity contribution in [2.45, 2.75) is 20.4 Å². The van der Waals surface area contributed by atoms with Crippen molar-refractivity contribution in [2.24, 2.45) is 0 Å². The van der Waals surface area contributed by atoms with Crippen LogP contribution in [0.3, 0.4) is 0 Å². The van der Waals surface area contributed by atoms with Gasteiger partial charge >= 0.3 is 6.03 Å². The number of carbonyl (C=O) groups excluding carboxylic acids is 3. The highest BCUT2D eigenvalue weighted by Gasteiger charge is 2.36. The molecule has 2 aliphatic heterocycles. The van der Waals surface area contributed by atoms with Crippen molar-refractivity contribution in [2.75, 3.05) is 46.3 Å². The third-order valence-corrected chi connectivity index (χ3v) is 4.81. The molecule has 0 N–H and O–H groups in total. The van der Waals surface area contributed by atoms with Crippen molar-refractivity contribution in [1.29, 1.82) is 0 Å². The molecule has 1 aromatic rings. The van der Waals surface area contributed by atoms with Crippen LogP contribution in [-0.2, 0) is 16.1 Å². The number of aromatic nitrogens is 1. The van der Waals surface area contributed by atoms with E-state index in [1.54, 1.807) is 11.9 Å². The SMILES string of the molecule is Cc1noc(C)c1CN1CCN(C(=O)CN2C(=O)CN(C)C2=O)CC1. The molecule has 0 spiro atoms. The largest absolute Gasteiger partial charge is 0.361 e. The van der Waals surface area contributed by atoms with E-state index in [9.17, 15) is 14.4 Å². The molecule has 0 atom stereocenters. The van der Waals surface area contributed by atoms with E-state index in [4.69, 9.17) is 4.52 Å². The molecule has 2 fully saturated rings. The normalized spacial score (nSPS) is 19.2. The number of urea groups is 1. The van der Waals surface area contributed by atoms with Gasteiger partial charge in [0.2, 0.25) is 5.91 Å². The molecule has 2 saturated heterocycles. The van der Waals surface area contributed by atoms with Crippen LogP contribution in [0.5, 0.6) is 0 Å². The predicted molar refractivity (Wildman–Crippen MR) is 87.6 cm³/mol. The van der Waals surface area contributed by atoms with Gasteiger partial charge in [0.05, 0.1) is 5.69 Å². The maximum absolute atomic E-state index is 12.4. The lowest BCUT2D eigenvalue weighted by atomic mass is 10.2. The Hall–Kier alpha value is -2.42. The quantitative estimate of drug-likeness (QED) is 0.701. The molecule has 3 heterocycles. The van der Waals surface area contributed by atoms with Gasteiger partial charge in [-0.2, -0.15) is 0 Å². The van der Waals surface area contributed by atoms with Crippen molar-refractivity contribution in [3.63, 3.8) is 0 Å². The maximum atomic E-state index is 12.4. The number of rotatable bonds is 4. The van der Waals surface area contributed by atoms with E-state index in [-0.39, 0.29) is 24.9 Å². The standard InChI is InChI=1S/C16H23N5O4/c1-11-13(12(2)25-17-11)8-19-4-6-20(7-5-19)14(22)10-21-15(23)9-18(3)16(21)24/h4-10H2,1-3H3. The smallest absolute Gasteiger partial charge is 0.327 e. The molecule has 136 valence electrons. The summed E-state index contributed by atoms with van der Waals surface area (Å²) < 4.78 is 5.18. The first-order valence-corrected chi connectivity index (χ1v) is 8.34. The highest BCUT2D eigenvalue weighted by molar-refractivity contribution is 6.04. The number of likely N-dealkylation sites (N-methyl/N-ethyl adjacent to an activating group) is 1. The lowest BCUT2D eigenvalue weighted by Gasteiger charge is -2.35. The van der Waals surface area contributed by atoms with Gasteiger partial charge in [-0.1, -0.05) is 5.16 Å². The summed E-state index contributed by atoms with van der Waals surface area (Å²) in [5.74, 6) is 0.318. The second kappa shape index (κ2) is 6.83. The monoisotopic (exact) mass is 349 g/mol. The lowest BCUT2D eigenvalue weighted by Crippen LogP contribution is -2.51. The van der Waals surface area contributed by atoms with Gasteiger partial charge in [0, 0.05) is 45.3 Å². The molecule has 0 aromatic carbocycles. The van der Waals surface area contributed by atoms with E-state index in [0.29, 0.717) is 13.1 Å². The van der Waals surface area contributed by atoms with Crippen molar-refractivity contribution >= 4 is 17.8 Å². The highest BCUT2D eigenvalue weighted by Crippen LogP contribution is 2.16. The molecular weight excluding hydrogens is 326 g/mol. The highest BCUT2D eigenvalue weighted by atomic mass is 16.5. The first-order valence-electron chi connectivity index (χ1n) is 8.34. The summed E-state index contributed by atoms with van der Waals surface area (Å²) in [5.41, 5.74) is 1.99. The van der Waals surface area contributed by atoms with E-state index in [2.05, 4.69) is 10.1 Å². The number of imide groups is 1. The molecule has 9 nitrogen and oxygen atoms in total. The van der Waals surface area contributed by atoms with Gasteiger partial charge in [-0.05, 0) is 13.8 Å². The van der Waals surface area contributed by atoms with Crippen LogP contribution in [0.15, 0.2) is 4.52 Å². The van der Waals surface area contributed by atoms with E-state index in [1.807, 2.05) is 13.8 Å². The van der Waals surface area contributed by atoms with Crippen LogP contribution in [-0.4, -0.2) is 88.9 Å². The summed E-state index contributed by atoms with van der Waals surface area (Å²) in [6.45, 7) is 7.06. The number of carbonyl (C=O) groups is 3. The molecule has 0 saturated carbocycles. The number of hydrogen-bond acceptors (Lipinski definition) is 6. The van der Waals surface area contributed by atoms with Crippen LogP contribution < -0.4 is 0 Å². The first-order chi connectivity index (χ1) is 11.9. The van der Waals surface area contributed by atoms with E-state index >= 15 is 0 Å². The Balaban J connectivity index is 1.51. The van der Waals surface area contributed by atoms with Gasteiger partial charge in [0.1, 0.15) is 18.8 Å². The molecule has 0 unspecified atom stereocenters. The first kappa shape index (κ1) is 17.4. The third-order valence-electron chi connectivity index (χ3n) is 4.81. The Labute approximate surface area is 146 Å². The maximum Gasteiger partial charge on any atom is 0.327 e. The summed E-state index contributed by atoms with van der Waals surface area (Å²) in [7, 11) is 1.55. The Morgan fingerprint density at radius 2 is 1.84 bits per heavy atom. The van der Waals surface area contributed by atoms with Crippen LogP contribution in [0, 0.1) is 13.8 Å². The van der Waals surface area contributed by atoms with E-state index in [0.717, 1.165) is 41.6 Å². The second-order valence-corrected chi connectivity index (χ2v) is 6.58. The molecule has 9 heteroatoms. The van der Waals surface area contributed by atoms with Gasteiger partial charge in [-0.15, -0.1) is 0 Å². The van der Waals surface area contributed by atoms with Crippen LogP contribution in [0.1, 0.15) is 17.0 Å². The van der Waals surface area contributed by atoms with E-state index < -0.39 is 6.03 Å². The van der Waals surface area contributed by atoms with Crippen LogP contribution >= 0.6 is 0 Å². The summed E-state index contributed by atoms with van der Waals surface area (Å²) in [6.07, 6.45) is 0. The predicted octanol–water partition coefficient (Wildman–Crippen LogP) is -0.170. The van der Waals surface area contributed by atoms with Crippen LogP contribution in [0.2, 0.25) is 0 Å². The summed E-state index contributed by atoms with van der Waals surface area (Å²) in [6, 6.07) is -0.407. The zero-order valence-electron chi connectivity index (χ0n) is 14.8. The Morgan fingerprint density at radius 1 is 1.16 bits per heavy atom. The molecule has 25 heavy (non-hydrogen) atoms. The van der Waals surface area contributed by atoms with Crippen molar-refractivity contribution in [3.8, 4) is 0 Å². The fraction of sp³-hybridized carbons (Fsp3) is 0.625. The van der Waals surface area contributed by atoms with Crippen molar-refractivity contribution in [1.82, 2.24) is 24.8 Å². The van der Waals surface area contributed by atoms with Crippen molar-refractivity contribution < 1.29 is 18.9 Å². The molecule has 4 amide bonds.